The predicted molar refractivity (Wildman–Crippen MR) is 327 cm³/mol. The van der Waals surface area contributed by atoms with Crippen LogP contribution < -0.4 is 36.6 Å². The Hall–Kier alpha value is -7.12. The highest BCUT2D eigenvalue weighted by Gasteiger charge is 2.56. The first-order chi connectivity index (χ1) is 45.6. The minimum Gasteiger partial charge on any atom is -0.462 e. The average Bonchev–Trinajstić information content (AvgIpc) is 1.54. The number of likely N-dealkylation sites (N-methyl/N-ethyl adjacent to an activating group) is 3. The number of nitrogens with one attached hydrogen (secondary N) is 6. The summed E-state index contributed by atoms with van der Waals surface area (Å²) in [6.45, 7) is -3.36. The maximum absolute atomic E-state index is 15.5. The Morgan fingerprint density at radius 3 is 1.66 bits per heavy atom. The van der Waals surface area contributed by atoms with Crippen LogP contribution in [-0.2, 0) is 54.1 Å². The number of hydrogen-bond donors (Lipinski definition) is 20. The van der Waals surface area contributed by atoms with Gasteiger partial charge in [0, 0.05) is 60.7 Å². The van der Waals surface area contributed by atoms with Gasteiger partial charge >= 0.3 is 0 Å². The van der Waals surface area contributed by atoms with Gasteiger partial charge in [-0.2, -0.15) is 0 Å². The van der Waals surface area contributed by atoms with Crippen LogP contribution in [0.4, 0.5) is 0 Å². The summed E-state index contributed by atoms with van der Waals surface area (Å²) >= 11 is 0. The fourth-order valence-electron chi connectivity index (χ4n) is 12.6. The molecule has 6 fully saturated rings. The molecule has 20 N–H and O–H groups in total. The molecule has 6 aliphatic rings. The SMILES string of the molecule is CN=C1N(C)CC(C(O)C2NC(=O)C(Cc3ccc(OC4OC(CO)C(OC5OC(CO)C(O)C(O)C5O)C(O)C4O)cc3)NC(=O)C(C(C)c3ccccc3)NC(=O)CNC(=O)C(CO)NC(=O)C(C(O)C3CN(C)C(=NC)N3C3OC(CO)C(O)C(O)C3O)NC2=O)N1C. The number of aliphatic hydroxyl groups excluding tert-OH is 14. The molecule has 2 aromatic carbocycles. The van der Waals surface area contributed by atoms with Gasteiger partial charge in [0.25, 0.3) is 0 Å². The fraction of sp³-hybridized carbons (Fsp3) is 0.661. The van der Waals surface area contributed by atoms with E-state index >= 15 is 9.59 Å². The summed E-state index contributed by atoms with van der Waals surface area (Å²) < 4.78 is 28.6. The van der Waals surface area contributed by atoms with Crippen molar-refractivity contribution in [1.82, 2.24) is 51.5 Å². The summed E-state index contributed by atoms with van der Waals surface area (Å²) in [6.07, 6.45) is -31.3. The number of amides is 6. The van der Waals surface area contributed by atoms with Gasteiger partial charge in [0.1, 0.15) is 121 Å². The number of nitrogens with zero attached hydrogens (tertiary/aromatic N) is 6. The monoisotopic (exact) mass is 1360 g/mol. The van der Waals surface area contributed by atoms with Gasteiger partial charge in [0.15, 0.2) is 24.4 Å². The van der Waals surface area contributed by atoms with E-state index in [4.69, 9.17) is 23.7 Å². The molecular formula is C59H88N12O25. The number of ether oxygens (including phenoxy) is 5. The van der Waals surface area contributed by atoms with Gasteiger partial charge in [0.2, 0.25) is 41.7 Å². The molecule has 25 unspecified atom stereocenters. The number of carbonyl (C=O) groups excluding carboxylic acids is 6. The van der Waals surface area contributed by atoms with Crippen molar-refractivity contribution in [3.63, 3.8) is 0 Å². The van der Waals surface area contributed by atoms with E-state index in [-0.39, 0.29) is 30.4 Å². The second-order valence-electron chi connectivity index (χ2n) is 24.4. The lowest BCUT2D eigenvalue weighted by atomic mass is 9.92. The molecular weight excluding hydrogens is 1280 g/mol. The first kappa shape index (κ1) is 74.7. The zero-order valence-corrected chi connectivity index (χ0v) is 53.2. The maximum atomic E-state index is 15.5. The predicted octanol–water partition coefficient (Wildman–Crippen LogP) is -12.1. The van der Waals surface area contributed by atoms with E-state index in [1.54, 1.807) is 49.2 Å². The standard InChI is InChI=1S/C59H88N12O25/c1-24(26-10-8-7-9-11-26)36-52(89)63-28(16-25-12-14-27(15-13-25)92-56-48(86)45(83)49(34(23-75)95-56)96-57-47(85)44(82)42(80)33(22-74)94-57)51(88)66-37(39(77)30-18-68(4)58(60-2)70(30)6)54(91)67-38(53(90)64-29(20-72)50(87)62-17-35(76)65-36)40(78)31-19-69(5)59(61-3)71(31)55-46(84)43(81)41(79)32(21-73)93-55/h7-15,24,28-34,36-49,55-57,72-75,77-86H,16-23H2,1-6H3,(H,62,87)(H,63,89)(H,64,90)(H,65,76)(H,66,88)(H,67,91). The van der Waals surface area contributed by atoms with E-state index < -0.39 is 227 Å². The van der Waals surface area contributed by atoms with Crippen molar-refractivity contribution < 1.29 is 124 Å². The van der Waals surface area contributed by atoms with Gasteiger partial charge in [-0.15, -0.1) is 0 Å². The molecule has 6 heterocycles. The highest BCUT2D eigenvalue weighted by Crippen LogP contribution is 2.34. The molecule has 8 rings (SSSR count). The van der Waals surface area contributed by atoms with E-state index in [2.05, 4.69) is 41.9 Å². The Bertz CT molecular complexity index is 3050. The minimum atomic E-state index is -2.30. The van der Waals surface area contributed by atoms with E-state index in [9.17, 15) is 90.7 Å². The highest BCUT2D eigenvalue weighted by atomic mass is 16.7. The largest absolute Gasteiger partial charge is 0.462 e. The molecule has 0 radical (unpaired) electrons. The lowest BCUT2D eigenvalue weighted by Gasteiger charge is -2.46. The summed E-state index contributed by atoms with van der Waals surface area (Å²) in [7, 11) is 7.41. The Labute approximate surface area is 549 Å². The Kier molecular flexibility index (Phi) is 25.3. The number of benzene rings is 2. The second kappa shape index (κ2) is 32.5. The van der Waals surface area contributed by atoms with Crippen molar-refractivity contribution in [2.24, 2.45) is 9.98 Å². The van der Waals surface area contributed by atoms with Crippen molar-refractivity contribution in [3.05, 3.63) is 65.7 Å². The van der Waals surface area contributed by atoms with Crippen LogP contribution in [0.2, 0.25) is 0 Å². The Morgan fingerprint density at radius 1 is 0.542 bits per heavy atom. The van der Waals surface area contributed by atoms with Crippen LogP contribution in [0.15, 0.2) is 64.6 Å². The average molecular weight is 1370 g/mol. The lowest BCUT2D eigenvalue weighted by molar-refractivity contribution is -0.352. The van der Waals surface area contributed by atoms with Gasteiger partial charge < -0.3 is 147 Å². The molecule has 6 amide bonds. The molecule has 37 heteroatoms. The quantitative estimate of drug-likeness (QED) is 0.0699. The minimum absolute atomic E-state index is 0.0438. The Balaban J connectivity index is 1.15. The number of carbonyl (C=O) groups is 6. The molecule has 6 aliphatic heterocycles. The van der Waals surface area contributed by atoms with E-state index in [0.717, 1.165) is 4.90 Å². The molecule has 0 saturated carbocycles. The van der Waals surface area contributed by atoms with Crippen LogP contribution >= 0.6 is 0 Å². The first-order valence-corrected chi connectivity index (χ1v) is 31.0. The van der Waals surface area contributed by atoms with Crippen LogP contribution in [0.5, 0.6) is 5.75 Å². The zero-order chi connectivity index (χ0) is 70.3. The van der Waals surface area contributed by atoms with Crippen LogP contribution in [0, 0.1) is 0 Å². The number of rotatable bonds is 17. The molecule has 2 aromatic rings. The summed E-state index contributed by atoms with van der Waals surface area (Å²) in [5.74, 6) is -7.77. The summed E-state index contributed by atoms with van der Waals surface area (Å²) in [6, 6.07) is 1.43. The van der Waals surface area contributed by atoms with Crippen molar-refractivity contribution in [1.29, 1.82) is 0 Å². The summed E-state index contributed by atoms with van der Waals surface area (Å²) in [5.41, 5.74) is 0.749. The molecule has 0 bridgehead atoms. The van der Waals surface area contributed by atoms with E-state index in [0.29, 0.717) is 11.5 Å². The molecule has 534 valence electrons. The van der Waals surface area contributed by atoms with E-state index in [1.807, 2.05) is 0 Å². The third-order valence-electron chi connectivity index (χ3n) is 18.1. The van der Waals surface area contributed by atoms with Crippen molar-refractivity contribution >= 4 is 47.4 Å². The normalized spacial score (nSPS) is 37.4. The van der Waals surface area contributed by atoms with E-state index in [1.165, 1.54) is 62.3 Å². The second-order valence-corrected chi connectivity index (χ2v) is 24.4. The number of aliphatic hydroxyl groups is 14. The number of aliphatic imine (C=N–C) groups is 2. The molecule has 25 atom stereocenters. The fourth-order valence-corrected chi connectivity index (χ4v) is 12.6. The summed E-state index contributed by atoms with van der Waals surface area (Å²) in [4.78, 5) is 103. The third-order valence-corrected chi connectivity index (χ3v) is 18.1. The smallest absolute Gasteiger partial charge is 0.246 e. The molecule has 0 spiro atoms. The Morgan fingerprint density at radius 2 is 1.06 bits per heavy atom. The molecule has 37 nitrogen and oxygen atoms in total. The molecule has 6 saturated heterocycles. The van der Waals surface area contributed by atoms with Gasteiger partial charge in [-0.25, -0.2) is 0 Å². The van der Waals surface area contributed by atoms with Crippen LogP contribution in [-0.4, -0.2) is 366 Å². The first-order valence-electron chi connectivity index (χ1n) is 31.0. The molecule has 96 heavy (non-hydrogen) atoms. The van der Waals surface area contributed by atoms with Gasteiger partial charge in [-0.05, 0) is 23.3 Å². The van der Waals surface area contributed by atoms with Crippen LogP contribution in [0.1, 0.15) is 24.0 Å². The van der Waals surface area contributed by atoms with Crippen LogP contribution in [0.25, 0.3) is 0 Å². The third kappa shape index (κ3) is 16.0. The van der Waals surface area contributed by atoms with Crippen molar-refractivity contribution in [2.75, 3.05) is 81.3 Å². The lowest BCUT2D eigenvalue weighted by Crippen LogP contribution is -2.69. The number of hydrogen-bond acceptors (Lipinski definition) is 27. The molecule has 0 aliphatic carbocycles. The van der Waals surface area contributed by atoms with Gasteiger partial charge in [-0.3, -0.25) is 38.8 Å². The number of guanidine groups is 2. The maximum Gasteiger partial charge on any atom is 0.246 e. The summed E-state index contributed by atoms with van der Waals surface area (Å²) in [5, 5.41) is 168. The molecule has 0 aromatic heterocycles. The van der Waals surface area contributed by atoms with Gasteiger partial charge in [-0.1, -0.05) is 49.4 Å². The highest BCUT2D eigenvalue weighted by molar-refractivity contribution is 5.98. The zero-order valence-electron chi connectivity index (χ0n) is 53.2. The van der Waals surface area contributed by atoms with Gasteiger partial charge in [0.05, 0.1) is 45.1 Å². The van der Waals surface area contributed by atoms with Crippen molar-refractivity contribution in [2.45, 2.75) is 166 Å². The van der Waals surface area contributed by atoms with Crippen molar-refractivity contribution in [3.8, 4) is 5.75 Å². The van der Waals surface area contributed by atoms with Crippen LogP contribution in [0.3, 0.4) is 0 Å². The topological polar surface area (TPSA) is 542 Å².